The fraction of sp³-hybridized carbons (Fsp3) is 0.867. The quantitative estimate of drug-likeness (QED) is 0.836. The summed E-state index contributed by atoms with van der Waals surface area (Å²) in [5.41, 5.74) is 0. The monoisotopic (exact) mass is 321 g/mol. The predicted octanol–water partition coefficient (Wildman–Crippen LogP) is 3.11. The largest absolute Gasteiger partial charge is 0.480 e. The maximum Gasteiger partial charge on any atom is 0.391 e. The van der Waals surface area contributed by atoms with Crippen molar-refractivity contribution < 1.29 is 27.9 Å². The minimum atomic E-state index is -4.61. The number of rotatable bonds is 4. The minimum Gasteiger partial charge on any atom is -0.480 e. The van der Waals surface area contributed by atoms with Crippen molar-refractivity contribution in [3.63, 3.8) is 0 Å². The molecule has 4 nitrogen and oxygen atoms in total. The molecule has 0 bridgehead atoms. The highest BCUT2D eigenvalue weighted by Crippen LogP contribution is 2.42. The number of carboxylic acid groups (broad SMARTS) is 1. The number of hydrogen-bond donors (Lipinski definition) is 2. The summed E-state index contributed by atoms with van der Waals surface area (Å²) in [6.07, 6.45) is 0.681. The van der Waals surface area contributed by atoms with E-state index in [4.69, 9.17) is 5.11 Å². The SMILES string of the molecule is O=C(NC(CC(F)(F)F)C(=O)O)C1CCC2CCCCC2C1. The van der Waals surface area contributed by atoms with Crippen LogP contribution in [0.2, 0.25) is 0 Å². The van der Waals surface area contributed by atoms with Crippen LogP contribution in [0.4, 0.5) is 13.2 Å². The molecule has 4 unspecified atom stereocenters. The molecule has 0 aromatic carbocycles. The number of hydrogen-bond acceptors (Lipinski definition) is 2. The predicted molar refractivity (Wildman–Crippen MR) is 73.0 cm³/mol. The van der Waals surface area contributed by atoms with Crippen molar-refractivity contribution in [3.05, 3.63) is 0 Å². The summed E-state index contributed by atoms with van der Waals surface area (Å²) in [6, 6.07) is -1.89. The highest BCUT2D eigenvalue weighted by molar-refractivity contribution is 5.85. The molecule has 0 aromatic rings. The summed E-state index contributed by atoms with van der Waals surface area (Å²) < 4.78 is 37.1. The summed E-state index contributed by atoms with van der Waals surface area (Å²) in [5.74, 6) is -1.44. The summed E-state index contributed by atoms with van der Waals surface area (Å²) in [5, 5.41) is 10.9. The van der Waals surface area contributed by atoms with E-state index >= 15 is 0 Å². The fourth-order valence-electron chi connectivity index (χ4n) is 3.83. The van der Waals surface area contributed by atoms with Crippen molar-refractivity contribution in [2.75, 3.05) is 0 Å². The highest BCUT2D eigenvalue weighted by Gasteiger charge is 2.39. The van der Waals surface area contributed by atoms with E-state index in [0.29, 0.717) is 24.7 Å². The molecule has 1 amide bonds. The number of halogens is 3. The second-order valence-corrected chi connectivity index (χ2v) is 6.53. The van der Waals surface area contributed by atoms with Crippen LogP contribution in [-0.4, -0.2) is 29.2 Å². The Morgan fingerprint density at radius 1 is 1.09 bits per heavy atom. The molecule has 2 fully saturated rings. The van der Waals surface area contributed by atoms with Gasteiger partial charge in [-0.1, -0.05) is 25.7 Å². The molecule has 0 aromatic heterocycles. The zero-order valence-electron chi connectivity index (χ0n) is 12.4. The first-order valence-corrected chi connectivity index (χ1v) is 7.86. The van der Waals surface area contributed by atoms with E-state index in [-0.39, 0.29) is 5.92 Å². The molecule has 22 heavy (non-hydrogen) atoms. The maximum absolute atomic E-state index is 12.4. The second kappa shape index (κ2) is 6.87. The maximum atomic E-state index is 12.4. The smallest absolute Gasteiger partial charge is 0.391 e. The second-order valence-electron chi connectivity index (χ2n) is 6.53. The van der Waals surface area contributed by atoms with Crippen molar-refractivity contribution >= 4 is 11.9 Å². The first-order valence-electron chi connectivity index (χ1n) is 7.86. The normalized spacial score (nSPS) is 30.2. The number of nitrogens with one attached hydrogen (secondary N) is 1. The summed E-state index contributed by atoms with van der Waals surface area (Å²) in [4.78, 5) is 23.0. The number of carbonyl (C=O) groups excluding carboxylic acids is 1. The van der Waals surface area contributed by atoms with Crippen LogP contribution in [0.3, 0.4) is 0 Å². The first kappa shape index (κ1) is 17.1. The third kappa shape index (κ3) is 4.61. The molecule has 2 aliphatic carbocycles. The zero-order chi connectivity index (χ0) is 16.3. The molecule has 0 aliphatic heterocycles. The molecule has 0 saturated heterocycles. The van der Waals surface area contributed by atoms with Crippen molar-refractivity contribution in [2.45, 2.75) is 63.6 Å². The van der Waals surface area contributed by atoms with Gasteiger partial charge in [0.15, 0.2) is 0 Å². The number of alkyl halides is 3. The first-order chi connectivity index (χ1) is 10.3. The van der Waals surface area contributed by atoms with Crippen LogP contribution in [0, 0.1) is 17.8 Å². The standard InChI is InChI=1S/C15H22F3NO3/c16-15(17,18)8-12(14(21)22)19-13(20)11-6-5-9-3-1-2-4-10(9)7-11/h9-12H,1-8H2,(H,19,20)(H,21,22). The molecule has 0 heterocycles. The van der Waals surface area contributed by atoms with Gasteiger partial charge in [0, 0.05) is 5.92 Å². The number of carbonyl (C=O) groups is 2. The van der Waals surface area contributed by atoms with Gasteiger partial charge in [-0.3, -0.25) is 4.79 Å². The van der Waals surface area contributed by atoms with Gasteiger partial charge in [-0.2, -0.15) is 13.2 Å². The van der Waals surface area contributed by atoms with Crippen LogP contribution in [0.5, 0.6) is 0 Å². The topological polar surface area (TPSA) is 66.4 Å². The van der Waals surface area contributed by atoms with Crippen LogP contribution >= 0.6 is 0 Å². The summed E-state index contributed by atoms with van der Waals surface area (Å²) in [7, 11) is 0. The lowest BCUT2D eigenvalue weighted by atomic mass is 9.67. The van der Waals surface area contributed by atoms with E-state index in [1.165, 1.54) is 12.8 Å². The van der Waals surface area contributed by atoms with Gasteiger partial charge in [0.2, 0.25) is 5.91 Å². The Morgan fingerprint density at radius 3 is 2.32 bits per heavy atom. The average molecular weight is 321 g/mol. The Balaban J connectivity index is 1.91. The van der Waals surface area contributed by atoms with Crippen molar-refractivity contribution in [3.8, 4) is 0 Å². The molecule has 7 heteroatoms. The number of carboxylic acids is 1. The van der Waals surface area contributed by atoms with E-state index in [1.54, 1.807) is 0 Å². The average Bonchev–Trinajstić information content (AvgIpc) is 2.44. The Kier molecular flexibility index (Phi) is 5.34. The molecule has 4 atom stereocenters. The van der Waals surface area contributed by atoms with Gasteiger partial charge >= 0.3 is 12.1 Å². The van der Waals surface area contributed by atoms with E-state index in [1.807, 2.05) is 0 Å². The molecule has 2 N–H and O–H groups in total. The van der Waals surface area contributed by atoms with Crippen molar-refractivity contribution in [1.29, 1.82) is 0 Å². The van der Waals surface area contributed by atoms with Crippen LogP contribution in [0.15, 0.2) is 0 Å². The van der Waals surface area contributed by atoms with Gasteiger partial charge in [-0.25, -0.2) is 4.79 Å². The molecule has 0 spiro atoms. The number of aliphatic carboxylic acids is 1. The number of amides is 1. The van der Waals surface area contributed by atoms with Crippen LogP contribution < -0.4 is 5.32 Å². The van der Waals surface area contributed by atoms with Gasteiger partial charge in [-0.05, 0) is 31.1 Å². The van der Waals surface area contributed by atoms with Gasteiger partial charge in [0.05, 0.1) is 6.42 Å². The van der Waals surface area contributed by atoms with Gasteiger partial charge in [0.25, 0.3) is 0 Å². The Bertz CT molecular complexity index is 425. The van der Waals surface area contributed by atoms with Gasteiger partial charge in [0.1, 0.15) is 6.04 Å². The third-order valence-electron chi connectivity index (χ3n) is 4.96. The van der Waals surface area contributed by atoms with Crippen LogP contribution in [0.1, 0.15) is 51.4 Å². The molecular formula is C15H22F3NO3. The van der Waals surface area contributed by atoms with E-state index in [2.05, 4.69) is 5.32 Å². The lowest BCUT2D eigenvalue weighted by molar-refractivity contribution is -0.160. The summed E-state index contributed by atoms with van der Waals surface area (Å²) in [6.45, 7) is 0. The molecule has 126 valence electrons. The molecule has 2 saturated carbocycles. The van der Waals surface area contributed by atoms with Gasteiger partial charge < -0.3 is 10.4 Å². The van der Waals surface area contributed by atoms with Crippen LogP contribution in [0.25, 0.3) is 0 Å². The van der Waals surface area contributed by atoms with E-state index in [0.717, 1.165) is 19.3 Å². The third-order valence-corrected chi connectivity index (χ3v) is 4.96. The molecule has 0 radical (unpaired) electrons. The number of fused-ring (bicyclic) bond motifs is 1. The van der Waals surface area contributed by atoms with Crippen molar-refractivity contribution in [1.82, 2.24) is 5.32 Å². The molecular weight excluding hydrogens is 299 g/mol. The van der Waals surface area contributed by atoms with Crippen molar-refractivity contribution in [2.24, 2.45) is 17.8 Å². The minimum absolute atomic E-state index is 0.352. The molecule has 2 aliphatic rings. The van der Waals surface area contributed by atoms with Gasteiger partial charge in [-0.15, -0.1) is 0 Å². The Hall–Kier alpha value is -1.27. The van der Waals surface area contributed by atoms with Crippen LogP contribution in [-0.2, 0) is 9.59 Å². The Labute approximate surface area is 127 Å². The highest BCUT2D eigenvalue weighted by atomic mass is 19.4. The summed E-state index contributed by atoms with van der Waals surface area (Å²) >= 11 is 0. The molecule has 2 rings (SSSR count). The van der Waals surface area contributed by atoms with E-state index < -0.39 is 30.5 Å². The zero-order valence-corrected chi connectivity index (χ0v) is 12.4. The Morgan fingerprint density at radius 2 is 1.73 bits per heavy atom. The fourth-order valence-corrected chi connectivity index (χ4v) is 3.83. The lowest BCUT2D eigenvalue weighted by Gasteiger charge is -2.39. The lowest BCUT2D eigenvalue weighted by Crippen LogP contribution is -2.47. The van der Waals surface area contributed by atoms with E-state index in [9.17, 15) is 22.8 Å².